The van der Waals surface area contributed by atoms with Crippen LogP contribution in [-0.2, 0) is 0 Å². The maximum atomic E-state index is 13.2. The Bertz CT molecular complexity index is 800. The molecule has 0 atom stereocenters. The second-order valence-electron chi connectivity index (χ2n) is 4.15. The molecule has 3 aromatic rings. The fraction of sp³-hybridized carbons (Fsp3) is 0.0769. The number of benzene rings is 1. The van der Waals surface area contributed by atoms with Crippen molar-refractivity contribution in [2.24, 2.45) is 0 Å². The fourth-order valence-corrected chi connectivity index (χ4v) is 2.14. The monoisotopic (exact) mass is 309 g/mol. The predicted octanol–water partition coefficient (Wildman–Crippen LogP) is 4.03. The molecule has 0 aliphatic heterocycles. The predicted molar refractivity (Wildman–Crippen MR) is 76.3 cm³/mol. The molecule has 0 bridgehead atoms. The molecular formula is C13H8Cl2FN4. The molecule has 0 amide bonds. The Morgan fingerprint density at radius 2 is 2.15 bits per heavy atom. The minimum Gasteiger partial charge on any atom is -0.340 e. The van der Waals surface area contributed by atoms with Gasteiger partial charge in [0.1, 0.15) is 16.8 Å². The molecule has 3 rings (SSSR count). The standard InChI is InChI=1S/C13H8Cl2FN4/c1-7-12(15)19-11-4-5-17-20(11)13(7)18-8-2-3-10(16)9(14)6-8/h2-3,5-6,18H,1H3. The Labute approximate surface area is 124 Å². The lowest BCUT2D eigenvalue weighted by Crippen LogP contribution is -2.04. The third-order valence-electron chi connectivity index (χ3n) is 2.83. The van der Waals surface area contributed by atoms with Gasteiger partial charge in [0.25, 0.3) is 0 Å². The van der Waals surface area contributed by atoms with Crippen molar-refractivity contribution < 1.29 is 4.39 Å². The van der Waals surface area contributed by atoms with Crippen molar-refractivity contribution in [2.75, 3.05) is 5.32 Å². The lowest BCUT2D eigenvalue weighted by Gasteiger charge is -2.12. The van der Waals surface area contributed by atoms with Crippen LogP contribution in [0.4, 0.5) is 15.9 Å². The Morgan fingerprint density at radius 3 is 2.90 bits per heavy atom. The van der Waals surface area contributed by atoms with Crippen LogP contribution in [0.2, 0.25) is 10.2 Å². The topological polar surface area (TPSA) is 42.2 Å². The van der Waals surface area contributed by atoms with Crippen molar-refractivity contribution in [2.45, 2.75) is 6.92 Å². The molecule has 0 aliphatic rings. The third kappa shape index (κ3) is 2.19. The van der Waals surface area contributed by atoms with Crippen LogP contribution in [0.1, 0.15) is 5.56 Å². The maximum absolute atomic E-state index is 13.2. The molecule has 0 saturated carbocycles. The maximum Gasteiger partial charge on any atom is 0.167 e. The van der Waals surface area contributed by atoms with Crippen LogP contribution in [-0.4, -0.2) is 14.6 Å². The van der Waals surface area contributed by atoms with Crippen molar-refractivity contribution in [3.8, 4) is 0 Å². The minimum absolute atomic E-state index is 0.0380. The third-order valence-corrected chi connectivity index (χ3v) is 3.49. The van der Waals surface area contributed by atoms with E-state index in [0.717, 1.165) is 5.56 Å². The molecular weight excluding hydrogens is 302 g/mol. The van der Waals surface area contributed by atoms with Crippen molar-refractivity contribution >= 4 is 40.4 Å². The SMILES string of the molecule is Cc1c(Cl)nc2[c]cnn2c1Nc1ccc(F)c(Cl)c1. The molecule has 0 unspecified atom stereocenters. The van der Waals surface area contributed by atoms with Crippen LogP contribution in [0.25, 0.3) is 5.65 Å². The van der Waals surface area contributed by atoms with Crippen molar-refractivity contribution in [3.63, 3.8) is 0 Å². The number of halogens is 3. The highest BCUT2D eigenvalue weighted by Gasteiger charge is 2.12. The number of anilines is 2. The summed E-state index contributed by atoms with van der Waals surface area (Å²) in [5.41, 5.74) is 1.84. The molecule has 20 heavy (non-hydrogen) atoms. The molecule has 101 valence electrons. The van der Waals surface area contributed by atoms with E-state index in [1.807, 2.05) is 6.92 Å². The van der Waals surface area contributed by atoms with Gasteiger partial charge in [-0.05, 0) is 25.1 Å². The number of rotatable bonds is 2. The summed E-state index contributed by atoms with van der Waals surface area (Å²) in [5, 5.41) is 7.63. The number of hydrogen-bond donors (Lipinski definition) is 1. The Kier molecular flexibility index (Phi) is 3.23. The molecule has 7 heteroatoms. The van der Waals surface area contributed by atoms with Gasteiger partial charge in [0.05, 0.1) is 17.3 Å². The summed E-state index contributed by atoms with van der Waals surface area (Å²) in [4.78, 5) is 4.15. The fourth-order valence-electron chi connectivity index (χ4n) is 1.79. The zero-order valence-corrected chi connectivity index (χ0v) is 11.8. The molecule has 1 radical (unpaired) electrons. The quantitative estimate of drug-likeness (QED) is 0.727. The molecule has 0 spiro atoms. The average molecular weight is 310 g/mol. The summed E-state index contributed by atoms with van der Waals surface area (Å²) in [5.74, 6) is 0.156. The second kappa shape index (κ2) is 4.92. The van der Waals surface area contributed by atoms with Crippen molar-refractivity contribution in [3.05, 3.63) is 52.0 Å². The van der Waals surface area contributed by atoms with E-state index in [1.165, 1.54) is 18.3 Å². The first kappa shape index (κ1) is 13.1. The number of aromatic nitrogens is 3. The molecule has 2 heterocycles. The molecule has 0 fully saturated rings. The van der Waals surface area contributed by atoms with Gasteiger partial charge in [0, 0.05) is 11.3 Å². The zero-order valence-electron chi connectivity index (χ0n) is 10.3. The van der Waals surface area contributed by atoms with Gasteiger partial charge in [-0.15, -0.1) is 0 Å². The van der Waals surface area contributed by atoms with E-state index in [4.69, 9.17) is 23.2 Å². The van der Waals surface area contributed by atoms with Gasteiger partial charge in [-0.25, -0.2) is 9.37 Å². The first-order valence-corrected chi connectivity index (χ1v) is 6.45. The molecule has 2 aromatic heterocycles. The summed E-state index contributed by atoms with van der Waals surface area (Å²) in [6, 6.07) is 7.22. The first-order chi connectivity index (χ1) is 9.56. The highest BCUT2D eigenvalue weighted by atomic mass is 35.5. The van der Waals surface area contributed by atoms with Gasteiger partial charge in [0.15, 0.2) is 5.65 Å². The van der Waals surface area contributed by atoms with Gasteiger partial charge in [-0.3, -0.25) is 0 Å². The Balaban J connectivity index is 2.11. The van der Waals surface area contributed by atoms with Crippen LogP contribution >= 0.6 is 23.2 Å². The largest absolute Gasteiger partial charge is 0.340 e. The van der Waals surface area contributed by atoms with Gasteiger partial charge >= 0.3 is 0 Å². The Morgan fingerprint density at radius 1 is 1.35 bits per heavy atom. The van der Waals surface area contributed by atoms with Gasteiger partial charge in [-0.1, -0.05) is 23.2 Å². The molecule has 0 aliphatic carbocycles. The van der Waals surface area contributed by atoms with Crippen molar-refractivity contribution in [1.82, 2.24) is 14.6 Å². The first-order valence-electron chi connectivity index (χ1n) is 5.70. The van der Waals surface area contributed by atoms with Gasteiger partial charge < -0.3 is 5.32 Å². The van der Waals surface area contributed by atoms with Crippen LogP contribution < -0.4 is 5.32 Å². The highest BCUT2D eigenvalue weighted by molar-refractivity contribution is 6.31. The smallest absolute Gasteiger partial charge is 0.167 e. The molecule has 1 N–H and O–H groups in total. The van der Waals surface area contributed by atoms with Crippen LogP contribution in [0.5, 0.6) is 0 Å². The lowest BCUT2D eigenvalue weighted by atomic mass is 10.3. The van der Waals surface area contributed by atoms with E-state index in [-0.39, 0.29) is 5.02 Å². The van der Waals surface area contributed by atoms with Crippen LogP contribution in [0.15, 0.2) is 24.4 Å². The lowest BCUT2D eigenvalue weighted by molar-refractivity contribution is 0.628. The van der Waals surface area contributed by atoms with E-state index >= 15 is 0 Å². The van der Waals surface area contributed by atoms with Crippen LogP contribution in [0, 0.1) is 18.8 Å². The van der Waals surface area contributed by atoms with Gasteiger partial charge in [-0.2, -0.15) is 9.61 Å². The normalized spacial score (nSPS) is 11.0. The summed E-state index contributed by atoms with van der Waals surface area (Å²) in [6.07, 6.45) is 1.50. The summed E-state index contributed by atoms with van der Waals surface area (Å²) >= 11 is 11.8. The molecule has 4 nitrogen and oxygen atoms in total. The number of fused-ring (bicyclic) bond motifs is 1. The van der Waals surface area contributed by atoms with Crippen molar-refractivity contribution in [1.29, 1.82) is 0 Å². The highest BCUT2D eigenvalue weighted by Crippen LogP contribution is 2.27. The summed E-state index contributed by atoms with van der Waals surface area (Å²) in [7, 11) is 0. The summed E-state index contributed by atoms with van der Waals surface area (Å²) < 4.78 is 14.7. The second-order valence-corrected chi connectivity index (χ2v) is 4.92. The van der Waals surface area contributed by atoms with E-state index in [0.29, 0.717) is 22.3 Å². The van der Waals surface area contributed by atoms with E-state index in [2.05, 4.69) is 21.5 Å². The Hall–Kier alpha value is -1.85. The van der Waals surface area contributed by atoms with E-state index in [9.17, 15) is 4.39 Å². The minimum atomic E-state index is -0.473. The number of nitrogens with zero attached hydrogens (tertiary/aromatic N) is 3. The number of nitrogens with one attached hydrogen (secondary N) is 1. The number of hydrogen-bond acceptors (Lipinski definition) is 3. The molecule has 0 saturated heterocycles. The molecule has 1 aromatic carbocycles. The summed E-state index contributed by atoms with van der Waals surface area (Å²) in [6.45, 7) is 1.81. The van der Waals surface area contributed by atoms with Crippen LogP contribution in [0.3, 0.4) is 0 Å². The van der Waals surface area contributed by atoms with E-state index < -0.39 is 5.82 Å². The van der Waals surface area contributed by atoms with Gasteiger partial charge in [0.2, 0.25) is 0 Å². The van der Waals surface area contributed by atoms with E-state index in [1.54, 1.807) is 10.6 Å². The average Bonchev–Trinajstić information content (AvgIpc) is 2.87. The zero-order chi connectivity index (χ0) is 14.3.